The predicted octanol–water partition coefficient (Wildman–Crippen LogP) is 1.94. The molecule has 2 aromatic carbocycles. The summed E-state index contributed by atoms with van der Waals surface area (Å²) in [5.74, 6) is -2.63. The van der Waals surface area contributed by atoms with E-state index in [1.165, 1.54) is 30.3 Å². The number of phenols is 1. The maximum atomic E-state index is 11.0. The number of hydrogen-bond acceptors (Lipinski definition) is 3. The average molecular weight is 232 g/mol. The fourth-order valence-electron chi connectivity index (χ4n) is 1.75. The summed E-state index contributed by atoms with van der Waals surface area (Å²) in [4.78, 5) is 22.0. The Kier molecular flexibility index (Phi) is 2.44. The molecule has 2 aromatic rings. The van der Waals surface area contributed by atoms with Gasteiger partial charge in [0.15, 0.2) is 0 Å². The van der Waals surface area contributed by atoms with Crippen molar-refractivity contribution in [2.45, 2.75) is 0 Å². The molecule has 86 valence electrons. The zero-order chi connectivity index (χ0) is 12.6. The van der Waals surface area contributed by atoms with Gasteiger partial charge in [-0.1, -0.05) is 12.1 Å². The summed E-state index contributed by atoms with van der Waals surface area (Å²) in [7, 11) is 0. The summed E-state index contributed by atoms with van der Waals surface area (Å²) >= 11 is 0. The minimum Gasteiger partial charge on any atom is -0.507 e. The van der Waals surface area contributed by atoms with Crippen molar-refractivity contribution in [2.75, 3.05) is 0 Å². The van der Waals surface area contributed by atoms with Crippen LogP contribution in [0.3, 0.4) is 0 Å². The molecular formula is C12H8O5. The first kappa shape index (κ1) is 10.9. The van der Waals surface area contributed by atoms with Gasteiger partial charge in [0, 0.05) is 10.8 Å². The highest BCUT2D eigenvalue weighted by Gasteiger charge is 2.17. The molecule has 0 aliphatic rings. The van der Waals surface area contributed by atoms with Crippen LogP contribution in [0.15, 0.2) is 30.3 Å². The second kappa shape index (κ2) is 3.79. The summed E-state index contributed by atoms with van der Waals surface area (Å²) in [6, 6.07) is 6.64. The molecular weight excluding hydrogens is 224 g/mol. The Morgan fingerprint density at radius 2 is 1.47 bits per heavy atom. The van der Waals surface area contributed by atoms with Crippen LogP contribution in [-0.4, -0.2) is 27.3 Å². The molecule has 0 fully saturated rings. The van der Waals surface area contributed by atoms with Gasteiger partial charge in [-0.2, -0.15) is 0 Å². The lowest BCUT2D eigenvalue weighted by Crippen LogP contribution is -2.03. The first-order valence-corrected chi connectivity index (χ1v) is 4.73. The van der Waals surface area contributed by atoms with Crippen LogP contribution in [-0.2, 0) is 0 Å². The zero-order valence-electron chi connectivity index (χ0n) is 8.54. The number of rotatable bonds is 2. The van der Waals surface area contributed by atoms with Gasteiger partial charge in [-0.3, -0.25) is 0 Å². The lowest BCUT2D eigenvalue weighted by atomic mass is 9.99. The molecule has 0 atom stereocenters. The van der Waals surface area contributed by atoms with E-state index in [4.69, 9.17) is 10.2 Å². The molecule has 0 unspecified atom stereocenters. The van der Waals surface area contributed by atoms with Crippen molar-refractivity contribution in [1.82, 2.24) is 0 Å². The van der Waals surface area contributed by atoms with Crippen LogP contribution in [0.5, 0.6) is 5.75 Å². The van der Waals surface area contributed by atoms with E-state index >= 15 is 0 Å². The number of carboxylic acids is 2. The Hall–Kier alpha value is -2.56. The second-order valence-electron chi connectivity index (χ2n) is 3.47. The topological polar surface area (TPSA) is 94.8 Å². The van der Waals surface area contributed by atoms with Gasteiger partial charge in [-0.05, 0) is 18.2 Å². The average Bonchev–Trinajstić information content (AvgIpc) is 2.27. The Morgan fingerprint density at radius 1 is 0.882 bits per heavy atom. The Morgan fingerprint density at radius 3 is 2.06 bits per heavy atom. The van der Waals surface area contributed by atoms with Gasteiger partial charge in [-0.15, -0.1) is 0 Å². The number of carbonyl (C=O) groups is 2. The van der Waals surface area contributed by atoms with Gasteiger partial charge in [0.2, 0.25) is 0 Å². The third-order valence-corrected chi connectivity index (χ3v) is 2.48. The second-order valence-corrected chi connectivity index (χ2v) is 3.47. The van der Waals surface area contributed by atoms with Crippen molar-refractivity contribution in [1.29, 1.82) is 0 Å². The van der Waals surface area contributed by atoms with Gasteiger partial charge in [0.05, 0.1) is 11.1 Å². The molecule has 5 nitrogen and oxygen atoms in total. The van der Waals surface area contributed by atoms with Crippen LogP contribution < -0.4 is 0 Å². The molecule has 0 heterocycles. The first-order valence-electron chi connectivity index (χ1n) is 4.73. The number of phenolic OH excluding ortho intramolecular Hbond substituents is 1. The van der Waals surface area contributed by atoms with E-state index in [9.17, 15) is 14.7 Å². The monoisotopic (exact) mass is 232 g/mol. The number of benzene rings is 2. The number of carboxylic acid groups (broad SMARTS) is 2. The van der Waals surface area contributed by atoms with Gasteiger partial charge in [0.1, 0.15) is 5.75 Å². The summed E-state index contributed by atoms with van der Waals surface area (Å²) in [6.07, 6.45) is 0. The normalized spacial score (nSPS) is 10.4. The maximum absolute atomic E-state index is 11.0. The number of aromatic carboxylic acids is 2. The van der Waals surface area contributed by atoms with Gasteiger partial charge in [-0.25, -0.2) is 9.59 Å². The summed E-state index contributed by atoms with van der Waals surface area (Å²) < 4.78 is 0. The smallest absolute Gasteiger partial charge is 0.336 e. The van der Waals surface area contributed by atoms with E-state index in [1.807, 2.05) is 0 Å². The molecule has 0 saturated carbocycles. The molecule has 0 saturated heterocycles. The third-order valence-electron chi connectivity index (χ3n) is 2.48. The van der Waals surface area contributed by atoms with Crippen molar-refractivity contribution in [3.05, 3.63) is 41.5 Å². The number of hydrogen-bond donors (Lipinski definition) is 3. The summed E-state index contributed by atoms with van der Waals surface area (Å²) in [5, 5.41) is 27.9. The van der Waals surface area contributed by atoms with Crippen LogP contribution in [0.4, 0.5) is 0 Å². The number of fused-ring (bicyclic) bond motifs is 1. The van der Waals surface area contributed by atoms with E-state index in [2.05, 4.69) is 0 Å². The quantitative estimate of drug-likeness (QED) is 0.735. The van der Waals surface area contributed by atoms with Crippen molar-refractivity contribution in [2.24, 2.45) is 0 Å². The summed E-state index contributed by atoms with van der Waals surface area (Å²) in [5.41, 5.74) is -0.163. The van der Waals surface area contributed by atoms with Crippen LogP contribution in [0.25, 0.3) is 10.8 Å². The summed E-state index contributed by atoms with van der Waals surface area (Å²) in [6.45, 7) is 0. The zero-order valence-corrected chi connectivity index (χ0v) is 8.54. The molecule has 0 aliphatic carbocycles. The molecule has 0 aromatic heterocycles. The molecule has 2 rings (SSSR count). The van der Waals surface area contributed by atoms with Crippen molar-refractivity contribution in [3.63, 3.8) is 0 Å². The Labute approximate surface area is 95.5 Å². The van der Waals surface area contributed by atoms with E-state index in [-0.39, 0.29) is 27.6 Å². The molecule has 0 amide bonds. The maximum Gasteiger partial charge on any atom is 0.336 e. The molecule has 5 heteroatoms. The first-order chi connectivity index (χ1) is 8.02. The van der Waals surface area contributed by atoms with E-state index in [0.717, 1.165) is 0 Å². The Bertz CT molecular complexity index is 630. The van der Waals surface area contributed by atoms with Crippen LogP contribution in [0, 0.1) is 0 Å². The minimum absolute atomic E-state index is 0.0408. The van der Waals surface area contributed by atoms with Crippen molar-refractivity contribution in [3.8, 4) is 5.75 Å². The highest BCUT2D eigenvalue weighted by molar-refractivity contribution is 6.12. The Balaban J connectivity index is 2.96. The molecule has 17 heavy (non-hydrogen) atoms. The largest absolute Gasteiger partial charge is 0.507 e. The minimum atomic E-state index is -1.21. The van der Waals surface area contributed by atoms with Crippen LogP contribution >= 0.6 is 0 Å². The van der Waals surface area contributed by atoms with E-state index in [0.29, 0.717) is 0 Å². The highest BCUT2D eigenvalue weighted by Crippen LogP contribution is 2.30. The van der Waals surface area contributed by atoms with Crippen molar-refractivity contribution < 1.29 is 24.9 Å². The third kappa shape index (κ3) is 1.67. The molecule has 0 bridgehead atoms. The van der Waals surface area contributed by atoms with E-state index in [1.54, 1.807) is 0 Å². The standard InChI is InChI=1S/C12H8O5/c13-9-3-1-2-6-7(11(14)15)4-5-8(10(6)9)12(16)17/h1-5,13H,(H,14,15)(H,16,17). The van der Waals surface area contributed by atoms with Crippen LogP contribution in [0.1, 0.15) is 20.7 Å². The van der Waals surface area contributed by atoms with E-state index < -0.39 is 11.9 Å². The molecule has 0 aliphatic heterocycles. The SMILES string of the molecule is O=C(O)c1ccc(C(=O)O)c2c(O)cccc12. The highest BCUT2D eigenvalue weighted by atomic mass is 16.4. The lowest BCUT2D eigenvalue weighted by Gasteiger charge is -2.07. The van der Waals surface area contributed by atoms with Crippen molar-refractivity contribution >= 4 is 22.7 Å². The van der Waals surface area contributed by atoms with Gasteiger partial charge < -0.3 is 15.3 Å². The molecule has 3 N–H and O–H groups in total. The fraction of sp³-hybridized carbons (Fsp3) is 0. The lowest BCUT2D eigenvalue weighted by molar-refractivity contribution is 0.0684. The van der Waals surface area contributed by atoms with Gasteiger partial charge in [0.25, 0.3) is 0 Å². The fourth-order valence-corrected chi connectivity index (χ4v) is 1.75. The van der Waals surface area contributed by atoms with Gasteiger partial charge >= 0.3 is 11.9 Å². The molecule has 0 spiro atoms. The molecule has 0 radical (unpaired) electrons. The predicted molar refractivity (Wildman–Crippen MR) is 59.5 cm³/mol. The number of aromatic hydroxyl groups is 1. The van der Waals surface area contributed by atoms with Crippen LogP contribution in [0.2, 0.25) is 0 Å².